The van der Waals surface area contributed by atoms with Crippen LogP contribution in [-0.2, 0) is 4.74 Å². The maximum Gasteiger partial charge on any atom is 0.101 e. The first-order valence-corrected chi connectivity index (χ1v) is 3.99. The van der Waals surface area contributed by atoms with Crippen molar-refractivity contribution in [3.8, 4) is 0 Å². The van der Waals surface area contributed by atoms with Crippen LogP contribution < -0.4 is 5.32 Å². The molecule has 1 rings (SSSR count). The minimum absolute atomic E-state index is 0.229. The predicted octanol–water partition coefficient (Wildman–Crippen LogP) is 1.49. The standard InChI is InChI=1S/C9H15NO2/c1-7-4-8(5-12-7)9(10-2)6-11-3/h4-5,9-10H,6H2,1-3H3. The van der Waals surface area contributed by atoms with Crippen LogP contribution in [0.3, 0.4) is 0 Å². The first-order chi connectivity index (χ1) is 5.77. The Hall–Kier alpha value is -0.800. The molecule has 0 aromatic carbocycles. The number of furan rings is 1. The Labute approximate surface area is 72.7 Å². The van der Waals surface area contributed by atoms with Crippen molar-refractivity contribution < 1.29 is 9.15 Å². The summed E-state index contributed by atoms with van der Waals surface area (Å²) in [6.07, 6.45) is 1.76. The summed E-state index contributed by atoms with van der Waals surface area (Å²) in [4.78, 5) is 0. The molecule has 0 aliphatic heterocycles. The summed E-state index contributed by atoms with van der Waals surface area (Å²) in [5.74, 6) is 0.932. The van der Waals surface area contributed by atoms with E-state index in [1.807, 2.05) is 20.0 Å². The first kappa shape index (κ1) is 9.29. The summed E-state index contributed by atoms with van der Waals surface area (Å²) < 4.78 is 10.3. The molecule has 1 N–H and O–H groups in total. The van der Waals surface area contributed by atoms with E-state index in [1.165, 1.54) is 0 Å². The lowest BCUT2D eigenvalue weighted by Gasteiger charge is -2.11. The number of likely N-dealkylation sites (N-methyl/N-ethyl adjacent to an activating group) is 1. The van der Waals surface area contributed by atoms with Crippen molar-refractivity contribution in [3.63, 3.8) is 0 Å². The molecule has 1 aromatic rings. The summed E-state index contributed by atoms with van der Waals surface area (Å²) in [6, 6.07) is 2.24. The fourth-order valence-corrected chi connectivity index (χ4v) is 1.16. The Morgan fingerprint density at radius 1 is 1.67 bits per heavy atom. The SMILES string of the molecule is CNC(COC)c1coc(C)c1. The van der Waals surface area contributed by atoms with Gasteiger partial charge < -0.3 is 14.5 Å². The number of hydrogen-bond donors (Lipinski definition) is 1. The van der Waals surface area contributed by atoms with Gasteiger partial charge in [-0.1, -0.05) is 0 Å². The van der Waals surface area contributed by atoms with Crippen LogP contribution in [0.15, 0.2) is 16.7 Å². The quantitative estimate of drug-likeness (QED) is 0.741. The van der Waals surface area contributed by atoms with Crippen LogP contribution in [0.4, 0.5) is 0 Å². The number of ether oxygens (including phenoxy) is 1. The molecule has 0 fully saturated rings. The molecule has 1 heterocycles. The second-order valence-corrected chi connectivity index (χ2v) is 2.79. The lowest BCUT2D eigenvalue weighted by molar-refractivity contribution is 0.170. The molecule has 0 amide bonds. The van der Waals surface area contributed by atoms with Crippen molar-refractivity contribution in [2.24, 2.45) is 0 Å². The minimum atomic E-state index is 0.229. The zero-order valence-corrected chi connectivity index (χ0v) is 7.76. The maximum absolute atomic E-state index is 5.20. The highest BCUT2D eigenvalue weighted by molar-refractivity contribution is 5.16. The zero-order chi connectivity index (χ0) is 8.97. The van der Waals surface area contributed by atoms with E-state index in [0.717, 1.165) is 11.3 Å². The van der Waals surface area contributed by atoms with E-state index in [0.29, 0.717) is 6.61 Å². The Balaban J connectivity index is 2.66. The third-order valence-electron chi connectivity index (χ3n) is 1.83. The van der Waals surface area contributed by atoms with Gasteiger partial charge in [0, 0.05) is 12.7 Å². The molecular weight excluding hydrogens is 154 g/mol. The summed E-state index contributed by atoms with van der Waals surface area (Å²) >= 11 is 0. The molecule has 3 nitrogen and oxygen atoms in total. The molecule has 0 spiro atoms. The van der Waals surface area contributed by atoms with Crippen molar-refractivity contribution in [1.82, 2.24) is 5.32 Å². The molecule has 1 unspecified atom stereocenters. The summed E-state index contributed by atoms with van der Waals surface area (Å²) in [7, 11) is 3.60. The summed E-state index contributed by atoms with van der Waals surface area (Å²) in [6.45, 7) is 2.60. The topological polar surface area (TPSA) is 34.4 Å². The predicted molar refractivity (Wildman–Crippen MR) is 47.1 cm³/mol. The van der Waals surface area contributed by atoms with Gasteiger partial charge >= 0.3 is 0 Å². The van der Waals surface area contributed by atoms with Gasteiger partial charge in [0.15, 0.2) is 0 Å². The average molecular weight is 169 g/mol. The molecule has 1 atom stereocenters. The molecule has 0 saturated carbocycles. The van der Waals surface area contributed by atoms with E-state index in [-0.39, 0.29) is 6.04 Å². The van der Waals surface area contributed by atoms with Gasteiger partial charge in [0.25, 0.3) is 0 Å². The Bertz CT molecular complexity index is 232. The highest BCUT2D eigenvalue weighted by Gasteiger charge is 2.10. The fourth-order valence-electron chi connectivity index (χ4n) is 1.16. The smallest absolute Gasteiger partial charge is 0.101 e. The lowest BCUT2D eigenvalue weighted by atomic mass is 10.1. The Morgan fingerprint density at radius 3 is 2.83 bits per heavy atom. The van der Waals surface area contributed by atoms with Gasteiger partial charge in [-0.15, -0.1) is 0 Å². The summed E-state index contributed by atoms with van der Waals surface area (Å²) in [5.41, 5.74) is 1.14. The maximum atomic E-state index is 5.20. The van der Waals surface area contributed by atoms with Gasteiger partial charge in [-0.25, -0.2) is 0 Å². The van der Waals surface area contributed by atoms with Crippen LogP contribution in [0, 0.1) is 6.92 Å². The Kier molecular flexibility index (Phi) is 3.31. The molecule has 0 radical (unpaired) electrons. The van der Waals surface area contributed by atoms with E-state index in [4.69, 9.17) is 9.15 Å². The molecule has 0 aliphatic rings. The number of aryl methyl sites for hydroxylation is 1. The second kappa shape index (κ2) is 4.28. The van der Waals surface area contributed by atoms with E-state index in [1.54, 1.807) is 13.4 Å². The van der Waals surface area contributed by atoms with Crippen LogP contribution in [-0.4, -0.2) is 20.8 Å². The van der Waals surface area contributed by atoms with Gasteiger partial charge in [0.05, 0.1) is 18.9 Å². The largest absolute Gasteiger partial charge is 0.469 e. The van der Waals surface area contributed by atoms with Crippen LogP contribution in [0.2, 0.25) is 0 Å². The lowest BCUT2D eigenvalue weighted by Crippen LogP contribution is -2.20. The van der Waals surface area contributed by atoms with Gasteiger partial charge in [0.1, 0.15) is 5.76 Å². The molecule has 68 valence electrons. The van der Waals surface area contributed by atoms with Crippen molar-refractivity contribution in [3.05, 3.63) is 23.7 Å². The minimum Gasteiger partial charge on any atom is -0.469 e. The van der Waals surface area contributed by atoms with E-state index < -0.39 is 0 Å². The van der Waals surface area contributed by atoms with Crippen LogP contribution in [0.1, 0.15) is 17.4 Å². The zero-order valence-electron chi connectivity index (χ0n) is 7.76. The molecule has 1 aromatic heterocycles. The van der Waals surface area contributed by atoms with Gasteiger partial charge in [-0.05, 0) is 20.0 Å². The Morgan fingerprint density at radius 2 is 2.42 bits per heavy atom. The first-order valence-electron chi connectivity index (χ1n) is 3.99. The third-order valence-corrected chi connectivity index (χ3v) is 1.83. The van der Waals surface area contributed by atoms with E-state index in [9.17, 15) is 0 Å². The molecular formula is C9H15NO2. The fraction of sp³-hybridized carbons (Fsp3) is 0.556. The molecule has 0 saturated heterocycles. The third kappa shape index (κ3) is 2.09. The van der Waals surface area contributed by atoms with Gasteiger partial charge in [0.2, 0.25) is 0 Å². The molecule has 3 heteroatoms. The molecule has 0 bridgehead atoms. The van der Waals surface area contributed by atoms with Crippen LogP contribution in [0.25, 0.3) is 0 Å². The van der Waals surface area contributed by atoms with E-state index >= 15 is 0 Å². The van der Waals surface area contributed by atoms with Gasteiger partial charge in [-0.2, -0.15) is 0 Å². The number of methoxy groups -OCH3 is 1. The molecule has 12 heavy (non-hydrogen) atoms. The normalized spacial score (nSPS) is 13.2. The van der Waals surface area contributed by atoms with Crippen molar-refractivity contribution >= 4 is 0 Å². The van der Waals surface area contributed by atoms with Gasteiger partial charge in [-0.3, -0.25) is 0 Å². The highest BCUT2D eigenvalue weighted by Crippen LogP contribution is 2.15. The second-order valence-electron chi connectivity index (χ2n) is 2.79. The van der Waals surface area contributed by atoms with Crippen molar-refractivity contribution in [2.45, 2.75) is 13.0 Å². The number of rotatable bonds is 4. The van der Waals surface area contributed by atoms with Crippen molar-refractivity contribution in [1.29, 1.82) is 0 Å². The number of hydrogen-bond acceptors (Lipinski definition) is 3. The van der Waals surface area contributed by atoms with Crippen LogP contribution >= 0.6 is 0 Å². The number of nitrogens with one attached hydrogen (secondary N) is 1. The van der Waals surface area contributed by atoms with Crippen molar-refractivity contribution in [2.75, 3.05) is 20.8 Å². The van der Waals surface area contributed by atoms with Crippen LogP contribution in [0.5, 0.6) is 0 Å². The van der Waals surface area contributed by atoms with E-state index in [2.05, 4.69) is 5.32 Å². The highest BCUT2D eigenvalue weighted by atomic mass is 16.5. The molecule has 0 aliphatic carbocycles. The summed E-state index contributed by atoms with van der Waals surface area (Å²) in [5, 5.41) is 3.15. The monoisotopic (exact) mass is 169 g/mol. The average Bonchev–Trinajstić information content (AvgIpc) is 2.47.